The van der Waals surface area contributed by atoms with Gasteiger partial charge in [0.2, 0.25) is 0 Å². The lowest BCUT2D eigenvalue weighted by molar-refractivity contribution is 0.0671. The Morgan fingerprint density at radius 2 is 1.91 bits per heavy atom. The fourth-order valence-electron chi connectivity index (χ4n) is 5.20. The van der Waals surface area contributed by atoms with E-state index in [9.17, 15) is 4.79 Å². The first-order chi connectivity index (χ1) is 16.3. The second-order valence-electron chi connectivity index (χ2n) is 9.97. The van der Waals surface area contributed by atoms with Crippen LogP contribution in [0.1, 0.15) is 65.6 Å². The molecule has 0 radical (unpaired) electrons. The average Bonchev–Trinajstić information content (AvgIpc) is 3.43. The van der Waals surface area contributed by atoms with Gasteiger partial charge in [0.1, 0.15) is 5.69 Å². The van der Waals surface area contributed by atoms with Gasteiger partial charge in [-0.15, -0.1) is 0 Å². The fourth-order valence-corrected chi connectivity index (χ4v) is 5.68. The fraction of sp³-hybridized carbons (Fsp3) is 0.321. The molecule has 0 N–H and O–H groups in total. The molecule has 6 heteroatoms. The highest BCUT2D eigenvalue weighted by Gasteiger charge is 2.42. The summed E-state index contributed by atoms with van der Waals surface area (Å²) in [6, 6.07) is 18.7. The lowest BCUT2D eigenvalue weighted by Crippen LogP contribution is -2.39. The van der Waals surface area contributed by atoms with Gasteiger partial charge in [-0.2, -0.15) is 5.10 Å². The molecule has 1 aliphatic carbocycles. The van der Waals surface area contributed by atoms with Crippen LogP contribution >= 0.6 is 15.9 Å². The molecule has 0 unspecified atom stereocenters. The normalized spacial score (nSPS) is 18.7. The molecule has 1 saturated carbocycles. The molecule has 6 rings (SSSR count). The van der Waals surface area contributed by atoms with Gasteiger partial charge in [0, 0.05) is 28.1 Å². The van der Waals surface area contributed by atoms with Crippen LogP contribution in [0, 0.1) is 6.92 Å². The predicted molar refractivity (Wildman–Crippen MR) is 137 cm³/mol. The average molecular weight is 515 g/mol. The van der Waals surface area contributed by atoms with Gasteiger partial charge < -0.3 is 4.90 Å². The zero-order valence-electron chi connectivity index (χ0n) is 19.7. The summed E-state index contributed by atoms with van der Waals surface area (Å²) in [7, 11) is 0. The summed E-state index contributed by atoms with van der Waals surface area (Å²) >= 11 is 3.55. The lowest BCUT2D eigenvalue weighted by Gasteiger charge is -2.35. The van der Waals surface area contributed by atoms with Crippen molar-refractivity contribution in [1.82, 2.24) is 19.5 Å². The number of aryl methyl sites for hydroxylation is 1. The topological polar surface area (TPSA) is 50.5 Å². The highest BCUT2D eigenvalue weighted by atomic mass is 79.9. The zero-order chi connectivity index (χ0) is 23.6. The number of carbonyl (C=O) groups excluding carboxylic acids is 1. The molecule has 2 aromatic carbocycles. The first kappa shape index (κ1) is 21.5. The Morgan fingerprint density at radius 1 is 1.12 bits per heavy atom. The second-order valence-corrected chi connectivity index (χ2v) is 10.9. The molecule has 0 bridgehead atoms. The van der Waals surface area contributed by atoms with E-state index in [0.29, 0.717) is 12.2 Å². The van der Waals surface area contributed by atoms with E-state index < -0.39 is 0 Å². The maximum absolute atomic E-state index is 13.8. The number of amides is 1. The zero-order valence-corrected chi connectivity index (χ0v) is 21.3. The molecule has 1 fully saturated rings. The van der Waals surface area contributed by atoms with Crippen molar-refractivity contribution in [2.45, 2.75) is 51.5 Å². The summed E-state index contributed by atoms with van der Waals surface area (Å²) in [5.74, 6) is -0.00225. The van der Waals surface area contributed by atoms with Crippen molar-refractivity contribution in [2.24, 2.45) is 0 Å². The van der Waals surface area contributed by atoms with E-state index in [2.05, 4.69) is 73.1 Å². The summed E-state index contributed by atoms with van der Waals surface area (Å²) < 4.78 is 3.00. The van der Waals surface area contributed by atoms with Gasteiger partial charge in [0.05, 0.1) is 17.4 Å². The van der Waals surface area contributed by atoms with Gasteiger partial charge in [0.15, 0.2) is 5.65 Å². The molecule has 2 aromatic heterocycles. The molecule has 5 nitrogen and oxygen atoms in total. The van der Waals surface area contributed by atoms with Gasteiger partial charge in [-0.25, -0.2) is 9.50 Å². The molecule has 0 spiro atoms. The van der Waals surface area contributed by atoms with Gasteiger partial charge in [-0.3, -0.25) is 4.79 Å². The molecule has 1 aliphatic heterocycles. The summed E-state index contributed by atoms with van der Waals surface area (Å²) in [5.41, 5.74) is 8.03. The first-order valence-electron chi connectivity index (χ1n) is 11.9. The quantitative estimate of drug-likeness (QED) is 0.323. The van der Waals surface area contributed by atoms with Crippen LogP contribution in [-0.4, -0.2) is 31.9 Å². The van der Waals surface area contributed by atoms with Crippen molar-refractivity contribution in [3.05, 3.63) is 87.1 Å². The molecule has 3 heterocycles. The summed E-state index contributed by atoms with van der Waals surface area (Å²) in [6.07, 6.45) is 3.07. The van der Waals surface area contributed by atoms with E-state index in [0.717, 1.165) is 51.9 Å². The molecular formula is C28H27BrN4O. The molecule has 0 saturated heterocycles. The van der Waals surface area contributed by atoms with Gasteiger partial charge in [-0.05, 0) is 68.0 Å². The number of fused-ring (bicyclic) bond motifs is 2. The van der Waals surface area contributed by atoms with E-state index in [1.165, 1.54) is 11.1 Å². The minimum absolute atomic E-state index is 0.00225. The van der Waals surface area contributed by atoms with E-state index >= 15 is 0 Å². The van der Waals surface area contributed by atoms with E-state index in [4.69, 9.17) is 10.1 Å². The van der Waals surface area contributed by atoms with Crippen LogP contribution in [0.25, 0.3) is 16.9 Å². The molecule has 2 aliphatic rings. The van der Waals surface area contributed by atoms with Crippen molar-refractivity contribution in [2.75, 3.05) is 6.54 Å². The van der Waals surface area contributed by atoms with Crippen LogP contribution in [0.4, 0.5) is 0 Å². The number of rotatable bonds is 3. The van der Waals surface area contributed by atoms with Crippen LogP contribution in [0.5, 0.6) is 0 Å². The second kappa shape index (κ2) is 7.77. The maximum Gasteiger partial charge on any atom is 0.273 e. The maximum atomic E-state index is 13.8. The van der Waals surface area contributed by atoms with Crippen LogP contribution < -0.4 is 0 Å². The summed E-state index contributed by atoms with van der Waals surface area (Å²) in [4.78, 5) is 20.6. The van der Waals surface area contributed by atoms with E-state index in [1.807, 2.05) is 27.6 Å². The predicted octanol–water partition coefficient (Wildman–Crippen LogP) is 6.28. The molecule has 1 atom stereocenters. The Hall–Kier alpha value is -2.99. The number of carbonyl (C=O) groups is 1. The van der Waals surface area contributed by atoms with E-state index in [1.54, 1.807) is 0 Å². The van der Waals surface area contributed by atoms with Crippen molar-refractivity contribution in [1.29, 1.82) is 0 Å². The molecule has 34 heavy (non-hydrogen) atoms. The number of hydrogen-bond donors (Lipinski definition) is 0. The number of nitrogens with zero attached hydrogens (tertiary/aromatic N) is 4. The van der Waals surface area contributed by atoms with Crippen LogP contribution in [0.2, 0.25) is 0 Å². The SMILES string of the molecule is Cc1cc(Br)ccc1-c1cc2nc(C(=O)N3CCc4ccccc4[C@H]3C)cc(C3(C)CC3)n2n1. The van der Waals surface area contributed by atoms with Gasteiger partial charge >= 0.3 is 0 Å². The number of aromatic nitrogens is 3. The standard InChI is InChI=1S/C28H27BrN4O/c1-17-14-20(29)8-9-21(17)23-16-26-30-24(15-25(33(26)31-23)28(3)11-12-28)27(34)32-13-10-19-6-4-5-7-22(19)18(32)2/h4-9,14-16,18H,10-13H2,1-3H3/t18-/m1/s1. The molecular weight excluding hydrogens is 488 g/mol. The Labute approximate surface area is 207 Å². The number of hydrogen-bond acceptors (Lipinski definition) is 3. The van der Waals surface area contributed by atoms with Crippen LogP contribution in [0.3, 0.4) is 0 Å². The van der Waals surface area contributed by atoms with Crippen molar-refractivity contribution < 1.29 is 4.79 Å². The summed E-state index contributed by atoms with van der Waals surface area (Å²) in [5, 5.41) is 4.95. The van der Waals surface area contributed by atoms with E-state index in [-0.39, 0.29) is 17.4 Å². The Kier molecular flexibility index (Phi) is 4.92. The molecule has 4 aromatic rings. The highest BCUT2D eigenvalue weighted by molar-refractivity contribution is 9.10. The van der Waals surface area contributed by atoms with Crippen molar-refractivity contribution in [3.8, 4) is 11.3 Å². The third-order valence-electron chi connectivity index (χ3n) is 7.58. The van der Waals surface area contributed by atoms with Crippen LogP contribution in [0.15, 0.2) is 59.1 Å². The van der Waals surface area contributed by atoms with Crippen molar-refractivity contribution >= 4 is 27.5 Å². The Bertz CT molecular complexity index is 1450. The third-order valence-corrected chi connectivity index (χ3v) is 8.08. The van der Waals surface area contributed by atoms with Gasteiger partial charge in [0.25, 0.3) is 5.91 Å². The van der Waals surface area contributed by atoms with Crippen molar-refractivity contribution in [3.63, 3.8) is 0 Å². The highest BCUT2D eigenvalue weighted by Crippen LogP contribution is 2.48. The minimum Gasteiger partial charge on any atom is -0.330 e. The number of benzene rings is 2. The number of halogens is 1. The van der Waals surface area contributed by atoms with Gasteiger partial charge in [-0.1, -0.05) is 53.2 Å². The lowest BCUT2D eigenvalue weighted by atomic mass is 9.93. The minimum atomic E-state index is -0.00225. The summed E-state index contributed by atoms with van der Waals surface area (Å²) in [6.45, 7) is 7.16. The first-order valence-corrected chi connectivity index (χ1v) is 12.7. The molecule has 1 amide bonds. The Morgan fingerprint density at radius 3 is 2.68 bits per heavy atom. The third kappa shape index (κ3) is 3.47. The Balaban J connectivity index is 1.44. The van der Waals surface area contributed by atoms with Crippen LogP contribution in [-0.2, 0) is 11.8 Å². The monoisotopic (exact) mass is 514 g/mol. The molecule has 172 valence electrons. The smallest absolute Gasteiger partial charge is 0.273 e. The largest absolute Gasteiger partial charge is 0.330 e.